The molecule has 0 unspecified atom stereocenters. The molecule has 0 fully saturated rings. The van der Waals surface area contributed by atoms with Gasteiger partial charge in [-0.2, -0.15) is 10.5 Å². The van der Waals surface area contributed by atoms with Crippen molar-refractivity contribution in [3.8, 4) is 12.1 Å². The summed E-state index contributed by atoms with van der Waals surface area (Å²) in [7, 11) is 0. The molecule has 2 aromatic rings. The van der Waals surface area contributed by atoms with Gasteiger partial charge in [-0.3, -0.25) is 4.79 Å². The van der Waals surface area contributed by atoms with Crippen molar-refractivity contribution in [3.05, 3.63) is 53.1 Å². The van der Waals surface area contributed by atoms with Crippen LogP contribution in [0.15, 0.2) is 41.4 Å². The van der Waals surface area contributed by atoms with Gasteiger partial charge in [0.15, 0.2) is 0 Å². The number of anilines is 1. The predicted molar refractivity (Wildman–Crippen MR) is 85.0 cm³/mol. The highest BCUT2D eigenvalue weighted by atomic mass is 32.2. The third-order valence-corrected chi connectivity index (χ3v) is 3.79. The topological polar surface area (TPSA) is 113 Å². The molecule has 1 aromatic carbocycles. The van der Waals surface area contributed by atoms with E-state index in [1.54, 1.807) is 0 Å². The predicted octanol–water partition coefficient (Wildman–Crippen LogP) is 2.24. The second kappa shape index (κ2) is 7.83. The molecule has 2 rings (SSSR count). The molecule has 0 saturated heterocycles. The van der Waals surface area contributed by atoms with E-state index in [-0.39, 0.29) is 29.3 Å². The Hall–Kier alpha value is -3.03. The van der Waals surface area contributed by atoms with Crippen LogP contribution in [0.25, 0.3) is 0 Å². The van der Waals surface area contributed by atoms with Crippen LogP contribution in [0.5, 0.6) is 0 Å². The Kier molecular flexibility index (Phi) is 5.56. The van der Waals surface area contributed by atoms with Gasteiger partial charge in [0, 0.05) is 0 Å². The number of nitrogens with two attached hydrogens (primary N) is 1. The Balaban J connectivity index is 1.95. The van der Waals surface area contributed by atoms with Crippen LogP contribution in [0.3, 0.4) is 0 Å². The van der Waals surface area contributed by atoms with Crippen molar-refractivity contribution in [3.63, 3.8) is 0 Å². The number of nitrogen functional groups attached to an aromatic ring is 1. The molecule has 1 heterocycles. The number of pyridine rings is 1. The number of hydrogen-bond acceptors (Lipinski definition) is 7. The largest absolute Gasteiger partial charge is 0.460 e. The zero-order valence-electron chi connectivity index (χ0n) is 12.0. The molecule has 0 radical (unpaired) electrons. The first-order valence-corrected chi connectivity index (χ1v) is 7.55. The molecule has 2 N–H and O–H groups in total. The quantitative estimate of drug-likeness (QED) is 0.662. The molecule has 0 bridgehead atoms. The molecule has 1 aromatic heterocycles. The van der Waals surface area contributed by atoms with Crippen molar-refractivity contribution in [1.29, 1.82) is 10.5 Å². The minimum Gasteiger partial charge on any atom is -0.460 e. The number of benzene rings is 1. The van der Waals surface area contributed by atoms with E-state index in [1.807, 2.05) is 42.5 Å². The van der Waals surface area contributed by atoms with Gasteiger partial charge in [-0.25, -0.2) is 4.98 Å². The number of hydrogen-bond donors (Lipinski definition) is 1. The van der Waals surface area contributed by atoms with Crippen LogP contribution in [0.2, 0.25) is 0 Å². The first-order chi connectivity index (χ1) is 11.1. The van der Waals surface area contributed by atoms with Crippen molar-refractivity contribution in [1.82, 2.24) is 4.98 Å². The first kappa shape index (κ1) is 16.3. The van der Waals surface area contributed by atoms with E-state index in [2.05, 4.69) is 4.98 Å². The van der Waals surface area contributed by atoms with Crippen LogP contribution in [0, 0.1) is 22.7 Å². The van der Waals surface area contributed by atoms with Crippen LogP contribution in [-0.2, 0) is 16.1 Å². The van der Waals surface area contributed by atoms with E-state index < -0.39 is 5.97 Å². The third-order valence-electron chi connectivity index (χ3n) is 2.83. The highest BCUT2D eigenvalue weighted by molar-refractivity contribution is 7.99. The van der Waals surface area contributed by atoms with Gasteiger partial charge in [-0.1, -0.05) is 42.1 Å². The maximum Gasteiger partial charge on any atom is 0.316 e. The lowest BCUT2D eigenvalue weighted by Crippen LogP contribution is -2.08. The number of esters is 1. The molecule has 7 heteroatoms. The molecule has 0 atom stereocenters. The van der Waals surface area contributed by atoms with Crippen LogP contribution >= 0.6 is 11.8 Å². The zero-order valence-corrected chi connectivity index (χ0v) is 12.8. The smallest absolute Gasteiger partial charge is 0.316 e. The molecule has 6 nitrogen and oxygen atoms in total. The zero-order chi connectivity index (χ0) is 16.7. The summed E-state index contributed by atoms with van der Waals surface area (Å²) in [4.78, 5) is 15.8. The molecule has 0 aliphatic heterocycles. The number of thioether (sulfide) groups is 1. The molecule has 0 spiro atoms. The van der Waals surface area contributed by atoms with Crippen molar-refractivity contribution < 1.29 is 9.53 Å². The molecule has 0 aliphatic rings. The van der Waals surface area contributed by atoms with Gasteiger partial charge in [-0.05, 0) is 11.6 Å². The van der Waals surface area contributed by atoms with Crippen LogP contribution < -0.4 is 5.73 Å². The number of carbonyl (C=O) groups is 1. The van der Waals surface area contributed by atoms with Crippen LogP contribution in [0.4, 0.5) is 5.82 Å². The second-order valence-corrected chi connectivity index (χ2v) is 5.40. The summed E-state index contributed by atoms with van der Waals surface area (Å²) < 4.78 is 5.14. The Morgan fingerprint density at radius 3 is 2.57 bits per heavy atom. The fourth-order valence-electron chi connectivity index (χ4n) is 1.70. The van der Waals surface area contributed by atoms with Crippen molar-refractivity contribution in [2.75, 3.05) is 11.5 Å². The lowest BCUT2D eigenvalue weighted by molar-refractivity contribution is -0.141. The summed E-state index contributed by atoms with van der Waals surface area (Å²) in [6.07, 6.45) is 0. The lowest BCUT2D eigenvalue weighted by Gasteiger charge is -2.06. The maximum absolute atomic E-state index is 11.8. The van der Waals surface area contributed by atoms with Crippen molar-refractivity contribution in [2.45, 2.75) is 11.6 Å². The first-order valence-electron chi connectivity index (χ1n) is 6.57. The van der Waals surface area contributed by atoms with Gasteiger partial charge < -0.3 is 10.5 Å². The molecular formula is C16H12N4O2S. The van der Waals surface area contributed by atoms with Crippen LogP contribution in [-0.4, -0.2) is 16.7 Å². The normalized spacial score (nSPS) is 9.65. The van der Waals surface area contributed by atoms with Gasteiger partial charge in [0.25, 0.3) is 0 Å². The fourth-order valence-corrected chi connectivity index (χ4v) is 2.46. The van der Waals surface area contributed by atoms with E-state index in [4.69, 9.17) is 21.0 Å². The molecule has 0 saturated carbocycles. The third kappa shape index (κ3) is 4.47. The SMILES string of the molecule is N#Cc1cc(C#N)c(SCC(=O)OCc2ccccc2)nc1N. The van der Waals surface area contributed by atoms with Gasteiger partial charge in [-0.15, -0.1) is 0 Å². The van der Waals surface area contributed by atoms with Gasteiger partial charge in [0.2, 0.25) is 0 Å². The summed E-state index contributed by atoms with van der Waals surface area (Å²) in [6, 6.07) is 14.5. The van der Waals surface area contributed by atoms with E-state index in [0.29, 0.717) is 5.03 Å². The van der Waals surface area contributed by atoms with E-state index >= 15 is 0 Å². The van der Waals surface area contributed by atoms with Crippen molar-refractivity contribution in [2.24, 2.45) is 0 Å². The average Bonchev–Trinajstić information content (AvgIpc) is 2.59. The molecular weight excluding hydrogens is 312 g/mol. The number of rotatable bonds is 5. The van der Waals surface area contributed by atoms with E-state index in [9.17, 15) is 4.79 Å². The number of carbonyl (C=O) groups excluding carboxylic acids is 1. The molecule has 0 amide bonds. The maximum atomic E-state index is 11.8. The Labute approximate surface area is 137 Å². The van der Waals surface area contributed by atoms with E-state index in [0.717, 1.165) is 17.3 Å². The van der Waals surface area contributed by atoms with Gasteiger partial charge >= 0.3 is 5.97 Å². The summed E-state index contributed by atoms with van der Waals surface area (Å²) in [5.74, 6) is -0.390. The van der Waals surface area contributed by atoms with E-state index in [1.165, 1.54) is 6.07 Å². The average molecular weight is 324 g/mol. The highest BCUT2D eigenvalue weighted by Gasteiger charge is 2.13. The molecule has 0 aliphatic carbocycles. The minimum absolute atomic E-state index is 0.000145. The number of aromatic nitrogens is 1. The minimum atomic E-state index is -0.424. The molecule has 114 valence electrons. The van der Waals surface area contributed by atoms with Crippen LogP contribution in [0.1, 0.15) is 16.7 Å². The van der Waals surface area contributed by atoms with Crippen molar-refractivity contribution >= 4 is 23.5 Å². The van der Waals surface area contributed by atoms with Gasteiger partial charge in [0.1, 0.15) is 29.6 Å². The summed E-state index contributed by atoms with van der Waals surface area (Å²) in [6.45, 7) is 0.189. The number of ether oxygens (including phenoxy) is 1. The Morgan fingerprint density at radius 1 is 1.22 bits per heavy atom. The molecule has 23 heavy (non-hydrogen) atoms. The summed E-state index contributed by atoms with van der Waals surface area (Å²) >= 11 is 1.05. The number of nitrogens with zero attached hydrogens (tertiary/aromatic N) is 3. The Morgan fingerprint density at radius 2 is 1.91 bits per heavy atom. The highest BCUT2D eigenvalue weighted by Crippen LogP contribution is 2.24. The summed E-state index contributed by atoms with van der Waals surface area (Å²) in [5, 5.41) is 18.2. The van der Waals surface area contributed by atoms with Gasteiger partial charge in [0.05, 0.1) is 16.9 Å². The number of nitriles is 2. The second-order valence-electron chi connectivity index (χ2n) is 4.43. The monoisotopic (exact) mass is 324 g/mol. The standard InChI is InChI=1S/C16H12N4O2S/c17-7-12-6-13(8-18)16(20-15(12)19)23-10-14(21)22-9-11-4-2-1-3-5-11/h1-6H,9-10H2,(H2,19,20). The Bertz CT molecular complexity index is 794. The fraction of sp³-hybridized carbons (Fsp3) is 0.125. The lowest BCUT2D eigenvalue weighted by atomic mass is 10.2. The summed E-state index contributed by atoms with van der Waals surface area (Å²) in [5.41, 5.74) is 6.86.